The number of imide groups is 1. The molecule has 1 saturated heterocycles. The Labute approximate surface area is 125 Å². The summed E-state index contributed by atoms with van der Waals surface area (Å²) in [6.45, 7) is 5.58. The lowest BCUT2D eigenvalue weighted by Crippen LogP contribution is -2.46. The smallest absolute Gasteiger partial charge is 0.417 e. The van der Waals surface area contributed by atoms with Crippen LogP contribution < -0.4 is 0 Å². The van der Waals surface area contributed by atoms with Crippen molar-refractivity contribution < 1.29 is 23.9 Å². The number of nitrogens with zero attached hydrogens (tertiary/aromatic N) is 2. The van der Waals surface area contributed by atoms with E-state index in [4.69, 9.17) is 9.47 Å². The standard InChI is InChI=1S/C14H24N2O5/c1-14(2,3)21-13(19)16-10(12(18)20-6)7-9(11(16)17)8-15(4)5/h9-10H,7-8H2,1-6H3/t9?,10-/m0/s1. The molecule has 1 aliphatic rings. The highest BCUT2D eigenvalue weighted by Crippen LogP contribution is 2.28. The van der Waals surface area contributed by atoms with E-state index >= 15 is 0 Å². The summed E-state index contributed by atoms with van der Waals surface area (Å²) in [4.78, 5) is 39.2. The maximum absolute atomic E-state index is 12.4. The fourth-order valence-corrected chi connectivity index (χ4v) is 2.29. The van der Waals surface area contributed by atoms with Crippen LogP contribution in [0.15, 0.2) is 0 Å². The summed E-state index contributed by atoms with van der Waals surface area (Å²) in [5.41, 5.74) is -0.738. The van der Waals surface area contributed by atoms with Crippen molar-refractivity contribution in [1.29, 1.82) is 0 Å². The minimum absolute atomic E-state index is 0.253. The number of hydrogen-bond acceptors (Lipinski definition) is 6. The predicted octanol–water partition coefficient (Wildman–Crippen LogP) is 0.873. The summed E-state index contributed by atoms with van der Waals surface area (Å²) in [5, 5.41) is 0. The Balaban J connectivity index is 2.97. The molecule has 21 heavy (non-hydrogen) atoms. The summed E-state index contributed by atoms with van der Waals surface area (Å²) in [6, 6.07) is -0.915. The summed E-state index contributed by atoms with van der Waals surface area (Å²) in [5.74, 6) is -1.42. The van der Waals surface area contributed by atoms with E-state index < -0.39 is 35.5 Å². The monoisotopic (exact) mass is 300 g/mol. The van der Waals surface area contributed by atoms with Crippen LogP contribution in [0.3, 0.4) is 0 Å². The Bertz CT molecular complexity index is 428. The van der Waals surface area contributed by atoms with Gasteiger partial charge in [-0.3, -0.25) is 4.79 Å². The number of esters is 1. The fourth-order valence-electron chi connectivity index (χ4n) is 2.29. The molecule has 2 amide bonds. The predicted molar refractivity (Wildman–Crippen MR) is 75.5 cm³/mol. The number of carbonyl (C=O) groups is 3. The largest absolute Gasteiger partial charge is 0.467 e. The zero-order valence-corrected chi connectivity index (χ0v) is 13.5. The molecule has 0 bridgehead atoms. The van der Waals surface area contributed by atoms with Gasteiger partial charge in [0.05, 0.1) is 13.0 Å². The van der Waals surface area contributed by atoms with Gasteiger partial charge in [0.1, 0.15) is 11.6 Å². The van der Waals surface area contributed by atoms with Crippen LogP contribution in [0, 0.1) is 5.92 Å². The first-order valence-corrected chi connectivity index (χ1v) is 6.85. The fraction of sp³-hybridized carbons (Fsp3) is 0.786. The van der Waals surface area contributed by atoms with Crippen LogP contribution in [-0.4, -0.2) is 67.2 Å². The van der Waals surface area contributed by atoms with Gasteiger partial charge in [0.25, 0.3) is 0 Å². The summed E-state index contributed by atoms with van der Waals surface area (Å²) < 4.78 is 9.91. The Morgan fingerprint density at radius 3 is 2.33 bits per heavy atom. The summed E-state index contributed by atoms with van der Waals surface area (Å²) in [6.07, 6.45) is -0.549. The van der Waals surface area contributed by atoms with Gasteiger partial charge in [-0.15, -0.1) is 0 Å². The van der Waals surface area contributed by atoms with Crippen molar-refractivity contribution in [3.05, 3.63) is 0 Å². The number of methoxy groups -OCH3 is 1. The average molecular weight is 300 g/mol. The minimum atomic E-state index is -0.915. The van der Waals surface area contributed by atoms with Crippen molar-refractivity contribution in [1.82, 2.24) is 9.80 Å². The molecule has 7 nitrogen and oxygen atoms in total. The van der Waals surface area contributed by atoms with E-state index in [-0.39, 0.29) is 6.42 Å². The first-order valence-electron chi connectivity index (χ1n) is 6.85. The Morgan fingerprint density at radius 2 is 1.90 bits per heavy atom. The molecule has 1 fully saturated rings. The third-order valence-electron chi connectivity index (χ3n) is 3.06. The number of ether oxygens (including phenoxy) is 2. The van der Waals surface area contributed by atoms with Crippen LogP contribution in [0.2, 0.25) is 0 Å². The molecular weight excluding hydrogens is 276 g/mol. The first-order chi connectivity index (χ1) is 9.56. The second-order valence-corrected chi connectivity index (χ2v) is 6.42. The van der Waals surface area contributed by atoms with Crippen molar-refractivity contribution >= 4 is 18.0 Å². The molecule has 120 valence electrons. The topological polar surface area (TPSA) is 76.2 Å². The second-order valence-electron chi connectivity index (χ2n) is 6.42. The molecule has 1 aliphatic heterocycles. The summed E-state index contributed by atoms with van der Waals surface area (Å²) in [7, 11) is 4.90. The quantitative estimate of drug-likeness (QED) is 0.720. The maximum atomic E-state index is 12.4. The number of amides is 2. The van der Waals surface area contributed by atoms with Crippen LogP contribution in [-0.2, 0) is 19.1 Å². The first kappa shape index (κ1) is 17.4. The Kier molecular flexibility index (Phi) is 5.33. The lowest BCUT2D eigenvalue weighted by atomic mass is 10.1. The molecule has 0 aromatic rings. The molecule has 2 atom stereocenters. The molecule has 7 heteroatoms. The van der Waals surface area contributed by atoms with Crippen LogP contribution in [0.25, 0.3) is 0 Å². The molecule has 1 heterocycles. The Hall–Kier alpha value is -1.63. The van der Waals surface area contributed by atoms with Gasteiger partial charge in [-0.1, -0.05) is 0 Å². The van der Waals surface area contributed by atoms with E-state index in [1.807, 2.05) is 19.0 Å². The number of hydrogen-bond donors (Lipinski definition) is 0. The van der Waals surface area contributed by atoms with Gasteiger partial charge in [0.2, 0.25) is 5.91 Å². The van der Waals surface area contributed by atoms with Gasteiger partial charge in [0, 0.05) is 6.54 Å². The van der Waals surface area contributed by atoms with Gasteiger partial charge in [-0.25, -0.2) is 14.5 Å². The van der Waals surface area contributed by atoms with Crippen molar-refractivity contribution in [2.45, 2.75) is 38.8 Å². The third-order valence-corrected chi connectivity index (χ3v) is 3.06. The van der Waals surface area contributed by atoms with E-state index in [9.17, 15) is 14.4 Å². The summed E-state index contributed by atoms with van der Waals surface area (Å²) >= 11 is 0. The van der Waals surface area contributed by atoms with Gasteiger partial charge in [-0.05, 0) is 41.3 Å². The molecule has 0 aliphatic carbocycles. The lowest BCUT2D eigenvalue weighted by molar-refractivity contribution is -0.148. The second kappa shape index (κ2) is 6.43. The van der Waals surface area contributed by atoms with Crippen LogP contribution in [0.5, 0.6) is 0 Å². The number of rotatable bonds is 3. The Morgan fingerprint density at radius 1 is 1.33 bits per heavy atom. The SMILES string of the molecule is COC(=O)[C@@H]1CC(CN(C)C)C(=O)N1C(=O)OC(C)(C)C. The highest BCUT2D eigenvalue weighted by molar-refractivity contribution is 6.00. The van der Waals surface area contributed by atoms with E-state index in [1.165, 1.54) is 7.11 Å². The highest BCUT2D eigenvalue weighted by atomic mass is 16.6. The van der Waals surface area contributed by atoms with Crippen LogP contribution in [0.4, 0.5) is 4.79 Å². The zero-order valence-electron chi connectivity index (χ0n) is 13.5. The van der Waals surface area contributed by atoms with Crippen molar-refractivity contribution in [2.75, 3.05) is 27.7 Å². The van der Waals surface area contributed by atoms with Crippen molar-refractivity contribution in [3.63, 3.8) is 0 Å². The molecular formula is C14H24N2O5. The molecule has 0 N–H and O–H groups in total. The molecule has 0 spiro atoms. The molecule has 0 aromatic carbocycles. The third kappa shape index (κ3) is 4.42. The molecule has 1 rings (SSSR count). The van der Waals surface area contributed by atoms with Crippen molar-refractivity contribution in [2.24, 2.45) is 5.92 Å². The highest BCUT2D eigenvalue weighted by Gasteiger charge is 2.48. The average Bonchev–Trinajstić information content (AvgIpc) is 2.63. The maximum Gasteiger partial charge on any atom is 0.417 e. The van der Waals surface area contributed by atoms with E-state index in [0.717, 1.165) is 4.90 Å². The lowest BCUT2D eigenvalue weighted by Gasteiger charge is -2.26. The van der Waals surface area contributed by atoms with Crippen molar-refractivity contribution in [3.8, 4) is 0 Å². The molecule has 0 aromatic heterocycles. The van der Waals surface area contributed by atoms with Gasteiger partial charge >= 0.3 is 12.1 Å². The van der Waals surface area contributed by atoms with Crippen LogP contribution >= 0.6 is 0 Å². The normalized spacial score (nSPS) is 22.6. The van der Waals surface area contributed by atoms with E-state index in [2.05, 4.69) is 0 Å². The van der Waals surface area contributed by atoms with E-state index in [1.54, 1.807) is 20.8 Å². The number of likely N-dealkylation sites (tertiary alicyclic amines) is 1. The molecule has 1 unspecified atom stereocenters. The van der Waals surface area contributed by atoms with Gasteiger partial charge in [0.15, 0.2) is 0 Å². The number of carbonyl (C=O) groups excluding carboxylic acids is 3. The zero-order chi connectivity index (χ0) is 16.4. The van der Waals surface area contributed by atoms with Gasteiger partial charge in [-0.2, -0.15) is 0 Å². The van der Waals surface area contributed by atoms with Crippen LogP contribution in [0.1, 0.15) is 27.2 Å². The molecule has 0 radical (unpaired) electrons. The minimum Gasteiger partial charge on any atom is -0.467 e. The molecule has 0 saturated carbocycles. The van der Waals surface area contributed by atoms with E-state index in [0.29, 0.717) is 6.54 Å². The van der Waals surface area contributed by atoms with Gasteiger partial charge < -0.3 is 14.4 Å².